The van der Waals surface area contributed by atoms with E-state index < -0.39 is 18.5 Å². The number of hydrogen-bond donors (Lipinski definition) is 1. The van der Waals surface area contributed by atoms with Crippen LogP contribution in [0.15, 0.2) is 42.5 Å². The fourth-order valence-electron chi connectivity index (χ4n) is 2.65. The van der Waals surface area contributed by atoms with Crippen LogP contribution in [0.4, 0.5) is 5.69 Å². The summed E-state index contributed by atoms with van der Waals surface area (Å²) in [4.78, 5) is 35.4. The van der Waals surface area contributed by atoms with Crippen LogP contribution in [0, 0.1) is 6.92 Å². The summed E-state index contributed by atoms with van der Waals surface area (Å²) in [6.45, 7) is 6.70. The highest BCUT2D eigenvalue weighted by Crippen LogP contribution is 2.27. The molecule has 0 unspecified atom stereocenters. The van der Waals surface area contributed by atoms with Crippen LogP contribution in [0.25, 0.3) is 0 Å². The lowest BCUT2D eigenvalue weighted by atomic mass is 9.98. The molecule has 0 saturated carbocycles. The summed E-state index contributed by atoms with van der Waals surface area (Å²) >= 11 is 0. The molecule has 6 nitrogen and oxygen atoms in total. The molecule has 148 valence electrons. The van der Waals surface area contributed by atoms with Gasteiger partial charge in [0.2, 0.25) is 0 Å². The summed E-state index contributed by atoms with van der Waals surface area (Å²) in [6.07, 6.45) is 0. The molecule has 0 radical (unpaired) electrons. The van der Waals surface area contributed by atoms with Gasteiger partial charge in [-0.05, 0) is 43.0 Å². The van der Waals surface area contributed by atoms with Gasteiger partial charge in [0, 0.05) is 11.3 Å². The van der Waals surface area contributed by atoms with E-state index in [1.807, 2.05) is 39.0 Å². The molecule has 0 heterocycles. The zero-order valence-electron chi connectivity index (χ0n) is 16.6. The van der Waals surface area contributed by atoms with Gasteiger partial charge in [-0.15, -0.1) is 0 Å². The molecule has 0 aliphatic carbocycles. The number of hydrogen-bond acceptors (Lipinski definition) is 5. The van der Waals surface area contributed by atoms with Crippen molar-refractivity contribution in [2.45, 2.75) is 33.6 Å². The molecule has 2 aromatic rings. The summed E-state index contributed by atoms with van der Waals surface area (Å²) in [5, 5.41) is 2.81. The van der Waals surface area contributed by atoms with Crippen LogP contribution < -0.4 is 10.1 Å². The van der Waals surface area contributed by atoms with E-state index in [1.165, 1.54) is 6.92 Å². The fourth-order valence-corrected chi connectivity index (χ4v) is 2.65. The van der Waals surface area contributed by atoms with E-state index in [4.69, 9.17) is 9.47 Å². The van der Waals surface area contributed by atoms with E-state index in [-0.39, 0.29) is 18.3 Å². The van der Waals surface area contributed by atoms with E-state index in [9.17, 15) is 14.4 Å². The van der Waals surface area contributed by atoms with Gasteiger partial charge >= 0.3 is 5.97 Å². The van der Waals surface area contributed by atoms with Crippen LogP contribution in [0.1, 0.15) is 48.2 Å². The number of para-hydroxylation sites is 1. The second kappa shape index (κ2) is 9.69. The summed E-state index contributed by atoms with van der Waals surface area (Å²) in [5.74, 6) is -0.547. The van der Waals surface area contributed by atoms with Gasteiger partial charge in [-0.25, -0.2) is 4.79 Å². The number of aryl methyl sites for hydroxylation is 1. The molecule has 6 heteroatoms. The standard InChI is InChI=1S/C22H25NO5/c1-14(2)19-10-5-7-15(3)22(19)23-20(25)12-28-21(26)13-27-18-9-6-8-17(11-18)16(4)24/h5-11,14H,12-13H2,1-4H3,(H,23,25). The number of Topliss-reactive ketones (excluding diaryl/α,β-unsaturated/α-hetero) is 1. The van der Waals surface area contributed by atoms with Gasteiger partial charge < -0.3 is 14.8 Å². The van der Waals surface area contributed by atoms with Crippen LogP contribution in [0.5, 0.6) is 5.75 Å². The number of benzene rings is 2. The Morgan fingerprint density at radius 3 is 2.43 bits per heavy atom. The molecule has 0 fully saturated rings. The van der Waals surface area contributed by atoms with Gasteiger partial charge in [0.1, 0.15) is 5.75 Å². The second-order valence-corrected chi connectivity index (χ2v) is 6.78. The molecule has 1 N–H and O–H groups in total. The van der Waals surface area contributed by atoms with Crippen LogP contribution in [0.3, 0.4) is 0 Å². The monoisotopic (exact) mass is 383 g/mol. The maximum atomic E-state index is 12.2. The molecule has 0 atom stereocenters. The van der Waals surface area contributed by atoms with Crippen molar-refractivity contribution < 1.29 is 23.9 Å². The molecule has 0 saturated heterocycles. The quantitative estimate of drug-likeness (QED) is 0.553. The second-order valence-electron chi connectivity index (χ2n) is 6.78. The molecular weight excluding hydrogens is 358 g/mol. The van der Waals surface area contributed by atoms with Crippen molar-refractivity contribution >= 4 is 23.3 Å². The van der Waals surface area contributed by atoms with Crippen molar-refractivity contribution in [3.63, 3.8) is 0 Å². The number of amides is 1. The van der Waals surface area contributed by atoms with Crippen LogP contribution in [-0.4, -0.2) is 30.9 Å². The molecular formula is C22H25NO5. The highest BCUT2D eigenvalue weighted by molar-refractivity contribution is 5.95. The predicted molar refractivity (Wildman–Crippen MR) is 107 cm³/mol. The summed E-state index contributed by atoms with van der Waals surface area (Å²) in [6, 6.07) is 12.3. The minimum atomic E-state index is -0.669. The first kappa shape index (κ1) is 21.2. The lowest BCUT2D eigenvalue weighted by Crippen LogP contribution is -2.24. The maximum absolute atomic E-state index is 12.2. The molecule has 0 bridgehead atoms. The molecule has 0 aliphatic rings. The van der Waals surface area contributed by atoms with Crippen molar-refractivity contribution in [2.24, 2.45) is 0 Å². The normalized spacial score (nSPS) is 10.5. The Balaban J connectivity index is 1.86. The summed E-state index contributed by atoms with van der Waals surface area (Å²) < 4.78 is 10.3. The summed E-state index contributed by atoms with van der Waals surface area (Å²) in [5.41, 5.74) is 3.20. The number of carbonyl (C=O) groups excluding carboxylic acids is 3. The first-order chi connectivity index (χ1) is 13.3. The van der Waals surface area contributed by atoms with E-state index in [1.54, 1.807) is 24.3 Å². The smallest absolute Gasteiger partial charge is 0.344 e. The van der Waals surface area contributed by atoms with E-state index in [0.29, 0.717) is 11.3 Å². The zero-order valence-corrected chi connectivity index (χ0v) is 16.6. The number of carbonyl (C=O) groups is 3. The highest BCUT2D eigenvalue weighted by Gasteiger charge is 2.14. The molecule has 2 aromatic carbocycles. The Morgan fingerprint density at radius 1 is 1.04 bits per heavy atom. The molecule has 0 spiro atoms. The predicted octanol–water partition coefficient (Wildman–Crippen LogP) is 3.88. The molecule has 0 aromatic heterocycles. The third kappa shape index (κ3) is 5.94. The minimum Gasteiger partial charge on any atom is -0.482 e. The van der Waals surface area contributed by atoms with Crippen LogP contribution >= 0.6 is 0 Å². The Hall–Kier alpha value is -3.15. The minimum absolute atomic E-state index is 0.0957. The third-order valence-corrected chi connectivity index (χ3v) is 4.15. The SMILES string of the molecule is CC(=O)c1cccc(OCC(=O)OCC(=O)Nc2c(C)cccc2C(C)C)c1. The van der Waals surface area contributed by atoms with Gasteiger partial charge in [-0.1, -0.05) is 44.2 Å². The van der Waals surface area contributed by atoms with E-state index >= 15 is 0 Å². The lowest BCUT2D eigenvalue weighted by Gasteiger charge is -2.16. The van der Waals surface area contributed by atoms with Gasteiger partial charge in [0.25, 0.3) is 5.91 Å². The topological polar surface area (TPSA) is 81.7 Å². The van der Waals surface area contributed by atoms with E-state index in [0.717, 1.165) is 16.8 Å². The molecule has 0 aliphatic heterocycles. The number of nitrogens with one attached hydrogen (secondary N) is 1. The number of rotatable bonds is 8. The number of ketones is 1. The van der Waals surface area contributed by atoms with Crippen LogP contribution in [0.2, 0.25) is 0 Å². The Kier molecular flexibility index (Phi) is 7.32. The van der Waals surface area contributed by atoms with E-state index in [2.05, 4.69) is 5.32 Å². The van der Waals surface area contributed by atoms with Gasteiger partial charge in [-0.2, -0.15) is 0 Å². The first-order valence-electron chi connectivity index (χ1n) is 9.06. The largest absolute Gasteiger partial charge is 0.482 e. The number of ether oxygens (including phenoxy) is 2. The maximum Gasteiger partial charge on any atom is 0.344 e. The number of esters is 1. The fraction of sp³-hybridized carbons (Fsp3) is 0.318. The average molecular weight is 383 g/mol. The average Bonchev–Trinajstić information content (AvgIpc) is 2.66. The van der Waals surface area contributed by atoms with Crippen molar-refractivity contribution in [1.29, 1.82) is 0 Å². The Morgan fingerprint density at radius 2 is 1.75 bits per heavy atom. The Labute approximate surface area is 164 Å². The zero-order chi connectivity index (χ0) is 20.7. The first-order valence-corrected chi connectivity index (χ1v) is 9.06. The lowest BCUT2D eigenvalue weighted by molar-refractivity contribution is -0.149. The van der Waals surface area contributed by atoms with Gasteiger partial charge in [-0.3, -0.25) is 9.59 Å². The van der Waals surface area contributed by atoms with Gasteiger partial charge in [0.05, 0.1) is 0 Å². The van der Waals surface area contributed by atoms with Crippen molar-refractivity contribution in [1.82, 2.24) is 0 Å². The van der Waals surface area contributed by atoms with Crippen molar-refractivity contribution in [3.05, 3.63) is 59.2 Å². The third-order valence-electron chi connectivity index (χ3n) is 4.15. The number of anilines is 1. The van der Waals surface area contributed by atoms with Crippen molar-refractivity contribution in [3.8, 4) is 5.75 Å². The van der Waals surface area contributed by atoms with Gasteiger partial charge in [0.15, 0.2) is 19.0 Å². The Bertz CT molecular complexity index is 873. The van der Waals surface area contributed by atoms with Crippen molar-refractivity contribution in [2.75, 3.05) is 18.5 Å². The molecule has 28 heavy (non-hydrogen) atoms. The summed E-state index contributed by atoms with van der Waals surface area (Å²) in [7, 11) is 0. The highest BCUT2D eigenvalue weighted by atomic mass is 16.6. The van der Waals surface area contributed by atoms with Crippen LogP contribution in [-0.2, 0) is 14.3 Å². The molecule has 1 amide bonds. The molecule has 2 rings (SSSR count).